The van der Waals surface area contributed by atoms with E-state index in [0.717, 1.165) is 22.8 Å². The predicted molar refractivity (Wildman–Crippen MR) is 141 cm³/mol. The zero-order chi connectivity index (χ0) is 25.2. The molecular formula is C27H24FN5O2S. The largest absolute Gasteiger partial charge is 0.495 e. The Balaban J connectivity index is 1.66. The summed E-state index contributed by atoms with van der Waals surface area (Å²) in [6.45, 7) is 1.45. The summed E-state index contributed by atoms with van der Waals surface area (Å²) in [5, 5.41) is 6.78. The number of carbonyl (C=O) groups excluding carboxylic acids is 1. The van der Waals surface area contributed by atoms with Crippen molar-refractivity contribution in [2.45, 2.75) is 19.0 Å². The molecule has 4 aromatic rings. The molecule has 2 aromatic heterocycles. The van der Waals surface area contributed by atoms with Gasteiger partial charge in [0.2, 0.25) is 5.91 Å². The van der Waals surface area contributed by atoms with Crippen molar-refractivity contribution in [2.75, 3.05) is 17.3 Å². The number of hydrogen-bond donors (Lipinski definition) is 2. The Hall–Kier alpha value is -4.24. The molecule has 7 nitrogen and oxygen atoms in total. The number of rotatable bonds is 6. The van der Waals surface area contributed by atoms with Crippen molar-refractivity contribution in [1.29, 1.82) is 0 Å². The van der Waals surface area contributed by atoms with Crippen molar-refractivity contribution < 1.29 is 13.9 Å². The van der Waals surface area contributed by atoms with Crippen molar-refractivity contribution in [1.82, 2.24) is 14.9 Å². The minimum atomic E-state index is -0.300. The van der Waals surface area contributed by atoms with E-state index in [9.17, 15) is 9.18 Å². The van der Waals surface area contributed by atoms with Crippen LogP contribution in [0.5, 0.6) is 5.75 Å². The first kappa shape index (κ1) is 23.5. The number of pyridine rings is 1. The number of nitrogens with one attached hydrogen (secondary N) is 2. The number of hydrogen-bond acceptors (Lipinski definition) is 4. The molecule has 9 heteroatoms. The summed E-state index contributed by atoms with van der Waals surface area (Å²) in [6.07, 6.45) is 3.69. The Kier molecular flexibility index (Phi) is 6.39. The third-order valence-electron chi connectivity index (χ3n) is 6.06. The fraction of sp³-hybridized carbons (Fsp3) is 0.148. The summed E-state index contributed by atoms with van der Waals surface area (Å²) in [4.78, 5) is 18.4. The monoisotopic (exact) mass is 501 g/mol. The average Bonchev–Trinajstić information content (AvgIpc) is 3.49. The Morgan fingerprint density at radius 1 is 1.08 bits per heavy atom. The first-order valence-electron chi connectivity index (χ1n) is 11.4. The number of nitrogens with zero attached hydrogens (tertiary/aromatic N) is 3. The molecule has 1 fully saturated rings. The van der Waals surface area contributed by atoms with Gasteiger partial charge in [0.05, 0.1) is 24.5 Å². The summed E-state index contributed by atoms with van der Waals surface area (Å²) < 4.78 is 21.1. The van der Waals surface area contributed by atoms with Crippen LogP contribution in [0.4, 0.5) is 15.8 Å². The van der Waals surface area contributed by atoms with Crippen LogP contribution in [0.3, 0.4) is 0 Å². The normalized spacial score (nSPS) is 17.1. The molecule has 2 N–H and O–H groups in total. The van der Waals surface area contributed by atoms with Gasteiger partial charge < -0.3 is 24.8 Å². The van der Waals surface area contributed by atoms with Crippen molar-refractivity contribution in [3.63, 3.8) is 0 Å². The van der Waals surface area contributed by atoms with Crippen molar-refractivity contribution in [2.24, 2.45) is 0 Å². The fourth-order valence-corrected chi connectivity index (χ4v) is 4.88. The molecule has 0 radical (unpaired) electrons. The predicted octanol–water partition coefficient (Wildman–Crippen LogP) is 5.16. The van der Waals surface area contributed by atoms with Gasteiger partial charge in [0.15, 0.2) is 5.11 Å². The van der Waals surface area contributed by atoms with Crippen LogP contribution in [-0.4, -0.2) is 27.7 Å². The van der Waals surface area contributed by atoms with Crippen LogP contribution in [-0.2, 0) is 4.79 Å². The smallest absolute Gasteiger partial charge is 0.221 e. The molecule has 5 rings (SSSR count). The second-order valence-corrected chi connectivity index (χ2v) is 8.73. The molecule has 0 unspecified atom stereocenters. The topological polar surface area (TPSA) is 71.4 Å². The molecule has 0 aliphatic carbocycles. The fourth-order valence-electron chi connectivity index (χ4n) is 4.54. The number of aromatic nitrogens is 2. The van der Waals surface area contributed by atoms with Gasteiger partial charge in [0.1, 0.15) is 17.6 Å². The Labute approximate surface area is 213 Å². The zero-order valence-electron chi connectivity index (χ0n) is 19.7. The SMILES string of the molecule is COc1ccc(N2C(=S)N[C@@H](c3ccccn3)[C@H]2c2cccn2-c2ccc(F)cc2)cc1NC(C)=O. The summed E-state index contributed by atoms with van der Waals surface area (Å²) in [5.74, 6) is 0.0353. The maximum atomic E-state index is 13.6. The van der Waals surface area contributed by atoms with Gasteiger partial charge in [0.25, 0.3) is 0 Å². The Morgan fingerprint density at radius 2 is 1.86 bits per heavy atom. The average molecular weight is 502 g/mol. The van der Waals surface area contributed by atoms with E-state index in [4.69, 9.17) is 17.0 Å². The number of benzene rings is 2. The van der Waals surface area contributed by atoms with E-state index in [-0.39, 0.29) is 23.8 Å². The van der Waals surface area contributed by atoms with Gasteiger partial charge in [-0.05, 0) is 78.9 Å². The highest BCUT2D eigenvalue weighted by atomic mass is 32.1. The lowest BCUT2D eigenvalue weighted by Gasteiger charge is -2.29. The van der Waals surface area contributed by atoms with Crippen LogP contribution < -0.4 is 20.3 Å². The van der Waals surface area contributed by atoms with Gasteiger partial charge in [0, 0.05) is 36.4 Å². The molecule has 36 heavy (non-hydrogen) atoms. The van der Waals surface area contributed by atoms with Crippen molar-refractivity contribution in [3.8, 4) is 11.4 Å². The van der Waals surface area contributed by atoms with Gasteiger partial charge in [-0.15, -0.1) is 0 Å². The molecule has 1 aliphatic heterocycles. The minimum Gasteiger partial charge on any atom is -0.495 e. The number of ether oxygens (including phenoxy) is 1. The summed E-state index contributed by atoms with van der Waals surface area (Å²) in [6, 6.07) is 21.1. The van der Waals surface area contributed by atoms with E-state index in [2.05, 4.69) is 15.6 Å². The lowest BCUT2D eigenvalue weighted by atomic mass is 10.0. The highest BCUT2D eigenvalue weighted by Gasteiger charge is 2.42. The summed E-state index contributed by atoms with van der Waals surface area (Å²) in [5.41, 5.74) is 3.89. The Morgan fingerprint density at radius 3 is 2.56 bits per heavy atom. The van der Waals surface area contributed by atoms with E-state index < -0.39 is 0 Å². The summed E-state index contributed by atoms with van der Waals surface area (Å²) >= 11 is 5.83. The van der Waals surface area contributed by atoms with E-state index in [1.165, 1.54) is 19.1 Å². The van der Waals surface area contributed by atoms with E-state index in [1.54, 1.807) is 31.5 Å². The van der Waals surface area contributed by atoms with E-state index in [1.807, 2.05) is 58.1 Å². The number of thiocarbonyl (C=S) groups is 1. The molecule has 1 aliphatic rings. The lowest BCUT2D eigenvalue weighted by Crippen LogP contribution is -2.30. The highest BCUT2D eigenvalue weighted by molar-refractivity contribution is 7.80. The van der Waals surface area contributed by atoms with Crippen LogP contribution in [0.25, 0.3) is 5.69 Å². The maximum absolute atomic E-state index is 13.6. The van der Waals surface area contributed by atoms with Crippen LogP contribution in [0.1, 0.15) is 30.4 Å². The van der Waals surface area contributed by atoms with Crippen LogP contribution in [0, 0.1) is 5.82 Å². The number of carbonyl (C=O) groups is 1. The number of methoxy groups -OCH3 is 1. The molecule has 2 atom stereocenters. The zero-order valence-corrected chi connectivity index (χ0v) is 20.5. The minimum absolute atomic E-state index is 0.208. The molecular weight excluding hydrogens is 477 g/mol. The van der Waals surface area contributed by atoms with Gasteiger partial charge in [-0.2, -0.15) is 0 Å². The van der Waals surface area contributed by atoms with E-state index in [0.29, 0.717) is 16.5 Å². The third kappa shape index (κ3) is 4.40. The van der Waals surface area contributed by atoms with Crippen molar-refractivity contribution in [3.05, 3.63) is 102 Å². The second-order valence-electron chi connectivity index (χ2n) is 8.34. The first-order valence-corrected chi connectivity index (χ1v) is 11.8. The molecule has 0 bridgehead atoms. The quantitative estimate of drug-likeness (QED) is 0.356. The molecule has 2 aromatic carbocycles. The Bertz CT molecular complexity index is 1410. The van der Waals surface area contributed by atoms with Gasteiger partial charge in [-0.25, -0.2) is 4.39 Å². The van der Waals surface area contributed by atoms with E-state index >= 15 is 0 Å². The van der Waals surface area contributed by atoms with Crippen LogP contribution in [0.2, 0.25) is 0 Å². The molecule has 3 heterocycles. The van der Waals surface area contributed by atoms with Crippen molar-refractivity contribution >= 4 is 34.6 Å². The van der Waals surface area contributed by atoms with Crippen LogP contribution >= 0.6 is 12.2 Å². The second kappa shape index (κ2) is 9.79. The van der Waals surface area contributed by atoms with Gasteiger partial charge in [-0.1, -0.05) is 6.07 Å². The number of anilines is 2. The highest BCUT2D eigenvalue weighted by Crippen LogP contribution is 2.43. The van der Waals surface area contributed by atoms with Gasteiger partial charge in [-0.3, -0.25) is 9.78 Å². The molecule has 182 valence electrons. The lowest BCUT2D eigenvalue weighted by molar-refractivity contribution is -0.114. The van der Waals surface area contributed by atoms with Gasteiger partial charge >= 0.3 is 0 Å². The molecule has 1 saturated heterocycles. The standard InChI is InChI=1S/C27H24FN5O2S/c1-17(34)30-22-16-20(12-13-24(22)35-2)33-26(25(31-27(33)36)21-6-3-4-14-29-21)23-7-5-15-32(23)19-10-8-18(28)9-11-19/h3-16,25-26H,1-2H3,(H,30,34)(H,31,36)/t25-,26+/m0/s1. The summed E-state index contributed by atoms with van der Waals surface area (Å²) in [7, 11) is 1.55. The molecule has 1 amide bonds. The number of amides is 1. The third-order valence-corrected chi connectivity index (χ3v) is 6.37. The number of halogens is 1. The van der Waals surface area contributed by atoms with Crippen LogP contribution in [0.15, 0.2) is 85.2 Å². The first-order chi connectivity index (χ1) is 17.5. The molecule has 0 saturated carbocycles. The molecule has 0 spiro atoms. The maximum Gasteiger partial charge on any atom is 0.221 e.